The summed E-state index contributed by atoms with van der Waals surface area (Å²) in [6.45, 7) is 1.56. The predicted molar refractivity (Wildman–Crippen MR) is 109 cm³/mol. The van der Waals surface area contributed by atoms with Crippen molar-refractivity contribution in [3.05, 3.63) is 47.1 Å². The Morgan fingerprint density at radius 3 is 2.46 bits per heavy atom. The lowest BCUT2D eigenvalue weighted by atomic mass is 10.1. The Hall–Kier alpha value is -2.64. The lowest BCUT2D eigenvalue weighted by molar-refractivity contribution is -0.119. The Labute approximate surface area is 169 Å². The number of likely N-dealkylation sites (tertiary alicyclic amines) is 1. The third kappa shape index (κ3) is 5.21. The fraction of sp³-hybridized carbons (Fsp3) is 0.350. The molecule has 0 spiro atoms. The number of aromatic nitrogens is 1. The Bertz CT molecular complexity index is 836. The predicted octanol–water partition coefficient (Wildman–Crippen LogP) is 3.69. The van der Waals surface area contributed by atoms with Crippen molar-refractivity contribution in [2.45, 2.75) is 19.3 Å². The highest BCUT2D eigenvalue weighted by atomic mass is 35.5. The van der Waals surface area contributed by atoms with Crippen LogP contribution in [0.3, 0.4) is 0 Å². The molecule has 1 aromatic carbocycles. The van der Waals surface area contributed by atoms with Crippen molar-refractivity contribution in [3.8, 4) is 0 Å². The Morgan fingerprint density at radius 2 is 1.82 bits per heavy atom. The smallest absolute Gasteiger partial charge is 0.255 e. The van der Waals surface area contributed by atoms with Crippen molar-refractivity contribution >= 4 is 40.6 Å². The summed E-state index contributed by atoms with van der Waals surface area (Å²) in [6, 6.07) is 8.77. The van der Waals surface area contributed by atoms with Gasteiger partial charge in [-0.25, -0.2) is 4.98 Å². The molecule has 1 fully saturated rings. The van der Waals surface area contributed by atoms with Gasteiger partial charge < -0.3 is 20.3 Å². The summed E-state index contributed by atoms with van der Waals surface area (Å²) < 4.78 is 4.78. The molecule has 7 nitrogen and oxygen atoms in total. The Balaban J connectivity index is 1.64. The van der Waals surface area contributed by atoms with E-state index >= 15 is 0 Å². The number of anilines is 3. The zero-order valence-corrected chi connectivity index (χ0v) is 16.5. The molecule has 1 aliphatic rings. The molecular formula is C20H23ClN4O3. The molecule has 8 heteroatoms. The molecule has 2 N–H and O–H groups in total. The number of benzene rings is 1. The molecule has 1 aliphatic heterocycles. The summed E-state index contributed by atoms with van der Waals surface area (Å²) in [6.07, 6.45) is 4.79. The number of ether oxygens (including phenoxy) is 1. The van der Waals surface area contributed by atoms with E-state index in [1.54, 1.807) is 36.5 Å². The van der Waals surface area contributed by atoms with E-state index in [1.165, 1.54) is 13.5 Å². The normalized spacial score (nSPS) is 13.9. The molecule has 1 aromatic heterocycles. The molecule has 0 saturated carbocycles. The molecule has 0 unspecified atom stereocenters. The van der Waals surface area contributed by atoms with Gasteiger partial charge in [0, 0.05) is 37.8 Å². The fourth-order valence-electron chi connectivity index (χ4n) is 3.03. The van der Waals surface area contributed by atoms with Crippen LogP contribution >= 0.6 is 11.6 Å². The summed E-state index contributed by atoms with van der Waals surface area (Å²) in [5.41, 5.74) is 1.91. The number of methoxy groups -OCH3 is 1. The van der Waals surface area contributed by atoms with E-state index in [1.807, 2.05) is 4.90 Å². The molecule has 0 bridgehead atoms. The highest BCUT2D eigenvalue weighted by Gasteiger charge is 2.19. The molecule has 0 atom stereocenters. The maximum absolute atomic E-state index is 12.6. The SMILES string of the molecule is COCC(=O)Nc1ccc(Nc2ncc(C(=O)N3CCCCC3)cc2Cl)cc1. The number of carbonyl (C=O) groups is 2. The molecule has 2 amide bonds. The van der Waals surface area contributed by atoms with E-state index < -0.39 is 0 Å². The van der Waals surface area contributed by atoms with Crippen molar-refractivity contribution in [2.24, 2.45) is 0 Å². The van der Waals surface area contributed by atoms with Crippen molar-refractivity contribution < 1.29 is 14.3 Å². The van der Waals surface area contributed by atoms with Crippen LogP contribution in [0.2, 0.25) is 5.02 Å². The number of hydrogen-bond acceptors (Lipinski definition) is 5. The number of carbonyl (C=O) groups excluding carboxylic acids is 2. The second kappa shape index (κ2) is 9.52. The topological polar surface area (TPSA) is 83.6 Å². The summed E-state index contributed by atoms with van der Waals surface area (Å²) in [4.78, 5) is 30.2. The Morgan fingerprint density at radius 1 is 1.14 bits per heavy atom. The molecule has 148 valence electrons. The van der Waals surface area contributed by atoms with Crippen LogP contribution in [0.25, 0.3) is 0 Å². The Kier molecular flexibility index (Phi) is 6.84. The van der Waals surface area contributed by atoms with Gasteiger partial charge >= 0.3 is 0 Å². The number of hydrogen-bond donors (Lipinski definition) is 2. The quantitative estimate of drug-likeness (QED) is 0.769. The molecule has 2 heterocycles. The molecule has 0 radical (unpaired) electrons. The van der Waals surface area contributed by atoms with Gasteiger partial charge in [-0.2, -0.15) is 0 Å². The zero-order chi connectivity index (χ0) is 19.9. The number of halogens is 1. The number of piperidine rings is 1. The van der Waals surface area contributed by atoms with Crippen LogP contribution in [0.5, 0.6) is 0 Å². The maximum Gasteiger partial charge on any atom is 0.255 e. The van der Waals surface area contributed by atoms with Gasteiger partial charge in [-0.15, -0.1) is 0 Å². The van der Waals surface area contributed by atoms with Crippen molar-refractivity contribution in [2.75, 3.05) is 37.4 Å². The fourth-order valence-corrected chi connectivity index (χ4v) is 3.24. The van der Waals surface area contributed by atoms with Gasteiger partial charge in [0.25, 0.3) is 5.91 Å². The molecule has 2 aromatic rings. The van der Waals surface area contributed by atoms with Crippen LogP contribution in [-0.4, -0.2) is 48.5 Å². The standard InChI is InChI=1S/C20H23ClN4O3/c1-28-13-18(26)23-15-5-7-16(8-6-15)24-19-17(21)11-14(12-22-19)20(27)25-9-3-2-4-10-25/h5-8,11-12H,2-4,9-10,13H2,1H3,(H,22,24)(H,23,26). The average molecular weight is 403 g/mol. The molecule has 3 rings (SSSR count). The summed E-state index contributed by atoms with van der Waals surface area (Å²) >= 11 is 6.33. The minimum absolute atomic E-state index is 0.00201. The van der Waals surface area contributed by atoms with Crippen molar-refractivity contribution in [1.82, 2.24) is 9.88 Å². The minimum Gasteiger partial charge on any atom is -0.375 e. The van der Waals surface area contributed by atoms with E-state index in [-0.39, 0.29) is 18.4 Å². The lowest BCUT2D eigenvalue weighted by Gasteiger charge is -2.26. The van der Waals surface area contributed by atoms with Crippen LogP contribution < -0.4 is 10.6 Å². The van der Waals surface area contributed by atoms with E-state index in [2.05, 4.69) is 15.6 Å². The van der Waals surface area contributed by atoms with Crippen LogP contribution in [0, 0.1) is 0 Å². The van der Waals surface area contributed by atoms with Gasteiger partial charge in [0.15, 0.2) is 0 Å². The highest BCUT2D eigenvalue weighted by Crippen LogP contribution is 2.26. The maximum atomic E-state index is 12.6. The van der Waals surface area contributed by atoms with Crippen LogP contribution in [0.4, 0.5) is 17.2 Å². The minimum atomic E-state index is -0.220. The van der Waals surface area contributed by atoms with Crippen LogP contribution in [0.1, 0.15) is 29.6 Å². The van der Waals surface area contributed by atoms with E-state index in [4.69, 9.17) is 16.3 Å². The first-order valence-corrected chi connectivity index (χ1v) is 9.55. The van der Waals surface area contributed by atoms with Gasteiger partial charge in [0.2, 0.25) is 5.91 Å². The van der Waals surface area contributed by atoms with Gasteiger partial charge in [-0.05, 0) is 49.6 Å². The number of pyridine rings is 1. The van der Waals surface area contributed by atoms with E-state index in [0.717, 1.165) is 31.6 Å². The first kappa shape index (κ1) is 20.1. The van der Waals surface area contributed by atoms with E-state index in [9.17, 15) is 9.59 Å². The molecule has 1 saturated heterocycles. The zero-order valence-electron chi connectivity index (χ0n) is 15.7. The van der Waals surface area contributed by atoms with Gasteiger partial charge in [0.05, 0.1) is 10.6 Å². The summed E-state index contributed by atoms with van der Waals surface area (Å²) in [7, 11) is 1.47. The number of rotatable bonds is 6. The summed E-state index contributed by atoms with van der Waals surface area (Å²) in [5.74, 6) is 0.215. The monoisotopic (exact) mass is 402 g/mol. The van der Waals surface area contributed by atoms with Crippen molar-refractivity contribution in [1.29, 1.82) is 0 Å². The van der Waals surface area contributed by atoms with Gasteiger partial charge in [-0.3, -0.25) is 9.59 Å². The second-order valence-corrected chi connectivity index (χ2v) is 7.00. The van der Waals surface area contributed by atoms with Crippen molar-refractivity contribution in [3.63, 3.8) is 0 Å². The lowest BCUT2D eigenvalue weighted by Crippen LogP contribution is -2.35. The van der Waals surface area contributed by atoms with Crippen LogP contribution in [-0.2, 0) is 9.53 Å². The van der Waals surface area contributed by atoms with Gasteiger partial charge in [-0.1, -0.05) is 11.6 Å². The number of amides is 2. The molecular weight excluding hydrogens is 380 g/mol. The first-order valence-electron chi connectivity index (χ1n) is 9.17. The molecule has 28 heavy (non-hydrogen) atoms. The second-order valence-electron chi connectivity index (χ2n) is 6.59. The third-order valence-electron chi connectivity index (χ3n) is 4.44. The number of nitrogens with one attached hydrogen (secondary N) is 2. The first-order chi connectivity index (χ1) is 13.6. The number of nitrogens with zero attached hydrogens (tertiary/aromatic N) is 2. The van der Waals surface area contributed by atoms with Crippen LogP contribution in [0.15, 0.2) is 36.5 Å². The highest BCUT2D eigenvalue weighted by molar-refractivity contribution is 6.33. The largest absolute Gasteiger partial charge is 0.375 e. The average Bonchev–Trinajstić information content (AvgIpc) is 2.71. The summed E-state index contributed by atoms with van der Waals surface area (Å²) in [5, 5.41) is 6.21. The third-order valence-corrected chi connectivity index (χ3v) is 4.73. The molecule has 0 aliphatic carbocycles. The van der Waals surface area contributed by atoms with Gasteiger partial charge in [0.1, 0.15) is 12.4 Å². The van der Waals surface area contributed by atoms with E-state index in [0.29, 0.717) is 22.1 Å².